The monoisotopic (exact) mass is 380 g/mol. The van der Waals surface area contributed by atoms with Crippen molar-refractivity contribution in [2.24, 2.45) is 5.73 Å². The average Bonchev–Trinajstić information content (AvgIpc) is 3.34. The third-order valence-corrected chi connectivity index (χ3v) is 4.79. The minimum Gasteiger partial charge on any atom is -0.370 e. The van der Waals surface area contributed by atoms with Crippen molar-refractivity contribution in [1.82, 2.24) is 19.7 Å². The molecule has 0 spiro atoms. The van der Waals surface area contributed by atoms with Crippen LogP contribution in [-0.4, -0.2) is 37.3 Å². The number of carbonyl (C=O) groups excluding carboxylic acids is 2. The molecule has 1 aliphatic rings. The van der Waals surface area contributed by atoms with Gasteiger partial charge >= 0.3 is 0 Å². The van der Waals surface area contributed by atoms with Crippen molar-refractivity contribution in [2.45, 2.75) is 36.9 Å². The van der Waals surface area contributed by atoms with Crippen molar-refractivity contribution in [3.05, 3.63) is 29.2 Å². The highest BCUT2D eigenvalue weighted by atomic mass is 35.5. The average molecular weight is 381 g/mol. The van der Waals surface area contributed by atoms with E-state index in [4.69, 9.17) is 17.3 Å². The summed E-state index contributed by atoms with van der Waals surface area (Å²) in [5.74, 6) is 1.26. The lowest BCUT2D eigenvalue weighted by atomic mass is 10.3. The number of pyridine rings is 1. The van der Waals surface area contributed by atoms with Crippen molar-refractivity contribution in [3.8, 4) is 0 Å². The maximum Gasteiger partial charge on any atom is 0.236 e. The molecular formula is C15H17ClN6O2S. The summed E-state index contributed by atoms with van der Waals surface area (Å²) in [4.78, 5) is 27.2. The van der Waals surface area contributed by atoms with E-state index in [0.29, 0.717) is 28.5 Å². The molecule has 132 valence electrons. The van der Waals surface area contributed by atoms with Crippen LogP contribution in [0.15, 0.2) is 23.5 Å². The SMILES string of the molecule is NC(=O)CCn1c(SCC(=O)Nc2ccc(Cl)cn2)nnc1C1CC1. The number of nitrogens with zero attached hydrogens (tertiary/aromatic N) is 4. The first-order valence-electron chi connectivity index (χ1n) is 7.78. The minimum absolute atomic E-state index is 0.156. The number of rotatable bonds is 8. The number of thioether (sulfide) groups is 1. The fourth-order valence-corrected chi connectivity index (χ4v) is 3.12. The van der Waals surface area contributed by atoms with Crippen LogP contribution in [0.3, 0.4) is 0 Å². The number of carbonyl (C=O) groups is 2. The first-order chi connectivity index (χ1) is 12.0. The van der Waals surface area contributed by atoms with Gasteiger partial charge in [-0.05, 0) is 25.0 Å². The van der Waals surface area contributed by atoms with Gasteiger partial charge in [0.15, 0.2) is 5.16 Å². The molecule has 2 aromatic rings. The molecular weight excluding hydrogens is 364 g/mol. The zero-order valence-electron chi connectivity index (χ0n) is 13.3. The topological polar surface area (TPSA) is 116 Å². The highest BCUT2D eigenvalue weighted by Gasteiger charge is 2.30. The van der Waals surface area contributed by atoms with Crippen LogP contribution in [0.2, 0.25) is 5.02 Å². The van der Waals surface area contributed by atoms with Gasteiger partial charge in [0, 0.05) is 25.1 Å². The van der Waals surface area contributed by atoms with Gasteiger partial charge in [0.2, 0.25) is 11.8 Å². The molecule has 0 aromatic carbocycles. The summed E-state index contributed by atoms with van der Waals surface area (Å²) in [6.07, 6.45) is 3.82. The third kappa shape index (κ3) is 4.93. The second kappa shape index (κ2) is 7.83. The molecule has 2 heterocycles. The maximum absolute atomic E-state index is 12.1. The highest BCUT2D eigenvalue weighted by molar-refractivity contribution is 7.99. The van der Waals surface area contributed by atoms with Gasteiger partial charge in [-0.2, -0.15) is 0 Å². The summed E-state index contributed by atoms with van der Waals surface area (Å²) in [5, 5.41) is 12.2. The van der Waals surface area contributed by atoms with Crippen LogP contribution in [0.4, 0.5) is 5.82 Å². The lowest BCUT2D eigenvalue weighted by molar-refractivity contribution is -0.118. The molecule has 3 rings (SSSR count). The molecule has 0 aliphatic heterocycles. The van der Waals surface area contributed by atoms with Gasteiger partial charge < -0.3 is 15.6 Å². The van der Waals surface area contributed by atoms with Crippen molar-refractivity contribution in [3.63, 3.8) is 0 Å². The third-order valence-electron chi connectivity index (χ3n) is 3.60. The molecule has 8 nitrogen and oxygen atoms in total. The van der Waals surface area contributed by atoms with Crippen molar-refractivity contribution in [1.29, 1.82) is 0 Å². The largest absolute Gasteiger partial charge is 0.370 e. The molecule has 3 N–H and O–H groups in total. The predicted octanol–water partition coefficient (Wildman–Crippen LogP) is 1.81. The van der Waals surface area contributed by atoms with Gasteiger partial charge in [0.05, 0.1) is 10.8 Å². The molecule has 0 unspecified atom stereocenters. The number of amides is 2. The smallest absolute Gasteiger partial charge is 0.236 e. The van der Waals surface area contributed by atoms with Crippen LogP contribution in [0, 0.1) is 0 Å². The molecule has 0 saturated heterocycles. The summed E-state index contributed by atoms with van der Waals surface area (Å²) in [6, 6.07) is 3.28. The van der Waals surface area contributed by atoms with E-state index < -0.39 is 0 Å². The van der Waals surface area contributed by atoms with Crippen LogP contribution in [0.25, 0.3) is 0 Å². The number of halogens is 1. The van der Waals surface area contributed by atoms with Gasteiger partial charge in [-0.1, -0.05) is 23.4 Å². The predicted molar refractivity (Wildman–Crippen MR) is 94.4 cm³/mol. The Morgan fingerprint density at radius 2 is 2.16 bits per heavy atom. The molecule has 1 fully saturated rings. The number of primary amides is 1. The van der Waals surface area contributed by atoms with E-state index in [0.717, 1.165) is 18.7 Å². The molecule has 2 aromatic heterocycles. The normalized spacial score (nSPS) is 13.6. The molecule has 0 radical (unpaired) electrons. The fourth-order valence-electron chi connectivity index (χ4n) is 2.24. The van der Waals surface area contributed by atoms with E-state index in [1.165, 1.54) is 18.0 Å². The van der Waals surface area contributed by atoms with Crippen LogP contribution in [0.1, 0.15) is 31.0 Å². The lowest BCUT2D eigenvalue weighted by Crippen LogP contribution is -2.17. The van der Waals surface area contributed by atoms with E-state index in [9.17, 15) is 9.59 Å². The number of nitrogens with one attached hydrogen (secondary N) is 1. The summed E-state index contributed by atoms with van der Waals surface area (Å²) >= 11 is 7.03. The van der Waals surface area contributed by atoms with Crippen LogP contribution in [0.5, 0.6) is 0 Å². The Labute approximate surface area is 153 Å². The van der Waals surface area contributed by atoms with Gasteiger partial charge in [0.1, 0.15) is 11.6 Å². The summed E-state index contributed by atoms with van der Waals surface area (Å²) in [7, 11) is 0. The number of hydrogen-bond donors (Lipinski definition) is 2. The maximum atomic E-state index is 12.1. The summed E-state index contributed by atoms with van der Waals surface area (Å²) < 4.78 is 1.89. The van der Waals surface area contributed by atoms with Crippen molar-refractivity contribution < 1.29 is 9.59 Å². The van der Waals surface area contributed by atoms with Crippen molar-refractivity contribution in [2.75, 3.05) is 11.1 Å². The Kier molecular flexibility index (Phi) is 5.54. The quantitative estimate of drug-likeness (QED) is 0.674. The first kappa shape index (κ1) is 17.7. The van der Waals surface area contributed by atoms with E-state index in [2.05, 4.69) is 20.5 Å². The Morgan fingerprint density at radius 1 is 1.36 bits per heavy atom. The number of aromatic nitrogens is 4. The lowest BCUT2D eigenvalue weighted by Gasteiger charge is -2.08. The van der Waals surface area contributed by atoms with Crippen LogP contribution >= 0.6 is 23.4 Å². The Balaban J connectivity index is 1.60. The zero-order valence-corrected chi connectivity index (χ0v) is 14.9. The van der Waals surface area contributed by atoms with E-state index >= 15 is 0 Å². The van der Waals surface area contributed by atoms with E-state index in [1.807, 2.05) is 4.57 Å². The van der Waals surface area contributed by atoms with Gasteiger partial charge in [-0.15, -0.1) is 10.2 Å². The molecule has 1 saturated carbocycles. The highest BCUT2D eigenvalue weighted by Crippen LogP contribution is 2.40. The Morgan fingerprint density at radius 3 is 2.80 bits per heavy atom. The first-order valence-corrected chi connectivity index (χ1v) is 9.15. The standard InChI is InChI=1S/C15H17ClN6O2S/c16-10-3-4-12(18-7-10)19-13(24)8-25-15-21-20-14(9-1-2-9)22(15)6-5-11(17)23/h3-4,7,9H,1-2,5-6,8H2,(H2,17,23)(H,18,19,24). The fraction of sp³-hybridized carbons (Fsp3) is 0.400. The second-order valence-electron chi connectivity index (χ2n) is 5.68. The summed E-state index contributed by atoms with van der Waals surface area (Å²) in [6.45, 7) is 0.427. The summed E-state index contributed by atoms with van der Waals surface area (Å²) in [5.41, 5.74) is 5.24. The molecule has 0 bridgehead atoms. The van der Waals surface area contributed by atoms with Crippen molar-refractivity contribution >= 4 is 41.0 Å². The van der Waals surface area contributed by atoms with Gasteiger partial charge in [-0.3, -0.25) is 9.59 Å². The van der Waals surface area contributed by atoms with Crippen LogP contribution < -0.4 is 11.1 Å². The zero-order chi connectivity index (χ0) is 17.8. The molecule has 10 heteroatoms. The molecule has 25 heavy (non-hydrogen) atoms. The number of nitrogens with two attached hydrogens (primary N) is 1. The minimum atomic E-state index is -0.377. The van der Waals surface area contributed by atoms with E-state index in [-0.39, 0.29) is 24.0 Å². The molecule has 0 atom stereocenters. The van der Waals surface area contributed by atoms with E-state index in [1.54, 1.807) is 12.1 Å². The Hall–Kier alpha value is -2.13. The molecule has 1 aliphatic carbocycles. The number of anilines is 1. The van der Waals surface area contributed by atoms with Gasteiger partial charge in [0.25, 0.3) is 0 Å². The molecule has 2 amide bonds. The second-order valence-corrected chi connectivity index (χ2v) is 7.06. The van der Waals surface area contributed by atoms with Crippen LogP contribution in [-0.2, 0) is 16.1 Å². The Bertz CT molecular complexity index is 775. The van der Waals surface area contributed by atoms with Gasteiger partial charge in [-0.25, -0.2) is 4.98 Å². The number of hydrogen-bond acceptors (Lipinski definition) is 6.